The van der Waals surface area contributed by atoms with Crippen LogP contribution in [-0.4, -0.2) is 14.3 Å². The molecule has 3 aromatic carbocycles. The van der Waals surface area contributed by atoms with Gasteiger partial charge in [0.15, 0.2) is 0 Å². The molecule has 0 heterocycles. The molecule has 0 aliphatic rings. The number of hydrogen-bond acceptors (Lipinski definition) is 5. The lowest BCUT2D eigenvalue weighted by molar-refractivity contribution is 0.0951. The number of sulfonamides is 1. The number of nitrogens with two attached hydrogens (primary N) is 2. The zero-order valence-corrected chi connectivity index (χ0v) is 18.8. The molecule has 3 rings (SSSR count). The van der Waals surface area contributed by atoms with Crippen LogP contribution in [0.3, 0.4) is 0 Å². The second-order valence-electron chi connectivity index (χ2n) is 6.46. The van der Waals surface area contributed by atoms with Gasteiger partial charge in [-0.15, -0.1) is 0 Å². The van der Waals surface area contributed by atoms with Gasteiger partial charge in [0.05, 0.1) is 20.5 Å². The molecular weight excluding hydrogens is 485 g/mol. The molecule has 0 aromatic heterocycles. The first-order valence-electron chi connectivity index (χ1n) is 8.66. The highest BCUT2D eigenvalue weighted by atomic mass is 35.5. The van der Waals surface area contributed by atoms with Crippen LogP contribution in [0.5, 0.6) is 11.5 Å². The molecule has 11 heteroatoms. The van der Waals surface area contributed by atoms with Crippen LogP contribution in [-0.2, 0) is 16.6 Å². The van der Waals surface area contributed by atoms with E-state index in [9.17, 15) is 13.2 Å². The van der Waals surface area contributed by atoms with Gasteiger partial charge in [-0.3, -0.25) is 4.79 Å². The van der Waals surface area contributed by atoms with Crippen molar-refractivity contribution in [1.29, 1.82) is 0 Å². The van der Waals surface area contributed by atoms with Gasteiger partial charge in [0.2, 0.25) is 10.0 Å². The van der Waals surface area contributed by atoms with Crippen LogP contribution in [0.1, 0.15) is 15.9 Å². The number of carbonyl (C=O) groups excluding carboxylic acids is 1. The van der Waals surface area contributed by atoms with E-state index in [-0.39, 0.29) is 22.0 Å². The highest BCUT2D eigenvalue weighted by Gasteiger charge is 2.15. The molecule has 162 valence electrons. The van der Waals surface area contributed by atoms with Gasteiger partial charge in [-0.05, 0) is 48.0 Å². The Balaban J connectivity index is 1.73. The lowest BCUT2D eigenvalue weighted by atomic mass is 10.2. The molecule has 0 aliphatic heterocycles. The Morgan fingerprint density at radius 3 is 2.35 bits per heavy atom. The maximum Gasteiger partial charge on any atom is 0.253 e. The van der Waals surface area contributed by atoms with Crippen molar-refractivity contribution in [3.05, 3.63) is 80.8 Å². The third-order valence-electron chi connectivity index (χ3n) is 4.08. The van der Waals surface area contributed by atoms with Gasteiger partial charge in [-0.25, -0.2) is 13.6 Å². The maximum absolute atomic E-state index is 12.5. The number of carbonyl (C=O) groups is 1. The summed E-state index contributed by atoms with van der Waals surface area (Å²) < 4.78 is 28.5. The molecule has 0 fully saturated rings. The minimum Gasteiger partial charge on any atom is -0.456 e. The Morgan fingerprint density at radius 2 is 1.71 bits per heavy atom. The van der Waals surface area contributed by atoms with E-state index in [1.54, 1.807) is 36.4 Å². The Bertz CT molecular complexity index is 1250. The summed E-state index contributed by atoms with van der Waals surface area (Å²) in [4.78, 5) is 12.3. The highest BCUT2D eigenvalue weighted by Crippen LogP contribution is 2.32. The quantitative estimate of drug-likeness (QED) is 0.427. The second kappa shape index (κ2) is 9.33. The molecule has 1 amide bonds. The standard InChI is InChI=1S/C20H16Cl3N3O4S/c21-12-6-13(24)8-14(7-12)30-19-5-11(1-4-17(19)22)10-26-20(27)16-3-2-15(9-18(16)23)31(25,28)29/h1-9H,10,24H2,(H,26,27)(H2,25,28,29). The number of ether oxygens (including phenoxy) is 1. The van der Waals surface area contributed by atoms with Crippen molar-refractivity contribution in [3.8, 4) is 11.5 Å². The Morgan fingerprint density at radius 1 is 0.968 bits per heavy atom. The monoisotopic (exact) mass is 499 g/mol. The van der Waals surface area contributed by atoms with Crippen molar-refractivity contribution >= 4 is 56.4 Å². The smallest absolute Gasteiger partial charge is 0.253 e. The first-order valence-corrected chi connectivity index (χ1v) is 11.3. The molecule has 0 atom stereocenters. The predicted molar refractivity (Wildman–Crippen MR) is 121 cm³/mol. The van der Waals surface area contributed by atoms with Crippen molar-refractivity contribution < 1.29 is 17.9 Å². The lowest BCUT2D eigenvalue weighted by Crippen LogP contribution is -2.23. The van der Waals surface area contributed by atoms with Gasteiger partial charge in [0, 0.05) is 23.3 Å². The van der Waals surface area contributed by atoms with Gasteiger partial charge < -0.3 is 15.8 Å². The van der Waals surface area contributed by atoms with Gasteiger partial charge >= 0.3 is 0 Å². The SMILES string of the molecule is Nc1cc(Cl)cc(Oc2cc(CNC(=O)c3ccc(S(N)(=O)=O)cc3Cl)ccc2Cl)c1. The van der Waals surface area contributed by atoms with Gasteiger partial charge in [-0.2, -0.15) is 0 Å². The molecule has 5 N–H and O–H groups in total. The molecule has 0 spiro atoms. The van der Waals surface area contributed by atoms with Gasteiger partial charge in [0.1, 0.15) is 11.5 Å². The van der Waals surface area contributed by atoms with Crippen LogP contribution in [0.15, 0.2) is 59.5 Å². The normalized spacial score (nSPS) is 11.2. The topological polar surface area (TPSA) is 125 Å². The molecular formula is C20H16Cl3N3O4S. The fourth-order valence-electron chi connectivity index (χ4n) is 2.64. The molecule has 0 unspecified atom stereocenters. The number of rotatable bonds is 6. The first kappa shape index (κ1) is 23.2. The van der Waals surface area contributed by atoms with Gasteiger partial charge in [0.25, 0.3) is 5.91 Å². The summed E-state index contributed by atoms with van der Waals surface area (Å²) >= 11 is 18.2. The number of amides is 1. The van der Waals surface area contributed by atoms with Crippen molar-refractivity contribution in [2.45, 2.75) is 11.4 Å². The summed E-state index contributed by atoms with van der Waals surface area (Å²) in [6, 6.07) is 13.4. The number of benzene rings is 3. The van der Waals surface area contributed by atoms with Crippen LogP contribution in [0.25, 0.3) is 0 Å². The largest absolute Gasteiger partial charge is 0.456 e. The summed E-state index contributed by atoms with van der Waals surface area (Å²) in [6.45, 7) is 0.136. The van der Waals surface area contributed by atoms with E-state index in [2.05, 4.69) is 5.32 Å². The Labute approximate surface area is 193 Å². The Hall–Kier alpha value is -2.49. The number of anilines is 1. The predicted octanol–water partition coefficient (Wildman–Crippen LogP) is 4.60. The first-order chi connectivity index (χ1) is 14.5. The second-order valence-corrected chi connectivity index (χ2v) is 9.27. The zero-order valence-electron chi connectivity index (χ0n) is 15.7. The van der Waals surface area contributed by atoms with E-state index in [4.69, 9.17) is 50.4 Å². The third-order valence-corrected chi connectivity index (χ3v) is 5.84. The van der Waals surface area contributed by atoms with Crippen molar-refractivity contribution in [3.63, 3.8) is 0 Å². The summed E-state index contributed by atoms with van der Waals surface area (Å²) in [5, 5.41) is 8.49. The molecule has 7 nitrogen and oxygen atoms in total. The summed E-state index contributed by atoms with van der Waals surface area (Å²) in [5.41, 5.74) is 7.00. The minimum atomic E-state index is -3.92. The molecule has 0 bridgehead atoms. The third kappa shape index (κ3) is 6.03. The van der Waals surface area contributed by atoms with E-state index in [0.717, 1.165) is 6.07 Å². The van der Waals surface area contributed by atoms with E-state index < -0.39 is 15.9 Å². The Kier molecular flexibility index (Phi) is 6.98. The number of nitrogens with one attached hydrogen (secondary N) is 1. The van der Waals surface area contributed by atoms with Crippen LogP contribution >= 0.6 is 34.8 Å². The highest BCUT2D eigenvalue weighted by molar-refractivity contribution is 7.89. The van der Waals surface area contributed by atoms with E-state index >= 15 is 0 Å². The van der Waals surface area contributed by atoms with E-state index in [1.807, 2.05) is 0 Å². The summed E-state index contributed by atoms with van der Waals surface area (Å²) in [6.07, 6.45) is 0. The molecule has 0 radical (unpaired) electrons. The lowest BCUT2D eigenvalue weighted by Gasteiger charge is -2.12. The number of hydrogen-bond donors (Lipinski definition) is 3. The molecule has 31 heavy (non-hydrogen) atoms. The molecule has 0 saturated heterocycles. The fourth-order valence-corrected chi connectivity index (χ4v) is 3.90. The van der Waals surface area contributed by atoms with Crippen LogP contribution in [0.2, 0.25) is 15.1 Å². The maximum atomic E-state index is 12.5. The molecule has 3 aromatic rings. The van der Waals surface area contributed by atoms with Crippen LogP contribution in [0.4, 0.5) is 5.69 Å². The summed E-state index contributed by atoms with van der Waals surface area (Å²) in [7, 11) is -3.92. The van der Waals surface area contributed by atoms with Crippen LogP contribution in [0, 0.1) is 0 Å². The van der Waals surface area contributed by atoms with Crippen molar-refractivity contribution in [1.82, 2.24) is 5.32 Å². The van der Waals surface area contributed by atoms with E-state index in [1.165, 1.54) is 12.1 Å². The average Bonchev–Trinajstić information content (AvgIpc) is 2.66. The molecule has 0 aliphatic carbocycles. The number of primary sulfonamides is 1. The van der Waals surface area contributed by atoms with Crippen LogP contribution < -0.4 is 20.9 Å². The number of halogens is 3. The minimum absolute atomic E-state index is 0.0392. The van der Waals surface area contributed by atoms with Crippen molar-refractivity contribution in [2.24, 2.45) is 5.14 Å². The van der Waals surface area contributed by atoms with E-state index in [0.29, 0.717) is 32.8 Å². The van der Waals surface area contributed by atoms with Gasteiger partial charge in [-0.1, -0.05) is 40.9 Å². The molecule has 0 saturated carbocycles. The summed E-state index contributed by atoms with van der Waals surface area (Å²) in [5.74, 6) is 0.270. The fraction of sp³-hybridized carbons (Fsp3) is 0.0500. The van der Waals surface area contributed by atoms with Crippen molar-refractivity contribution in [2.75, 3.05) is 5.73 Å². The average molecular weight is 501 g/mol. The zero-order chi connectivity index (χ0) is 22.8. The number of nitrogen functional groups attached to an aromatic ring is 1.